The zero-order valence-electron chi connectivity index (χ0n) is 67.9. The first-order valence-corrected chi connectivity index (χ1v) is 39.6. The van der Waals surface area contributed by atoms with E-state index in [1.165, 1.54) is 29.1 Å². The van der Waals surface area contributed by atoms with Gasteiger partial charge in [-0.15, -0.1) is 0 Å². The lowest BCUT2D eigenvalue weighted by Gasteiger charge is -2.32. The Balaban J connectivity index is 0.000000147. The van der Waals surface area contributed by atoms with Crippen molar-refractivity contribution in [2.75, 3.05) is 42.3 Å². The molecule has 12 aromatic rings. The topological polar surface area (TPSA) is 379 Å². The number of nitrogens with two attached hydrogens (primary N) is 1. The Morgan fingerprint density at radius 2 is 0.843 bits per heavy atom. The van der Waals surface area contributed by atoms with Gasteiger partial charge < -0.3 is 56.3 Å². The Kier molecular flexibility index (Phi) is 24.0. The number of aromatic nitrogens is 15. The number of fused-ring (bicyclic) bond motifs is 6. The summed E-state index contributed by atoms with van der Waals surface area (Å²) in [6, 6.07) is 33.9. The number of carbonyl (C=O) groups is 2. The van der Waals surface area contributed by atoms with Gasteiger partial charge in [0.15, 0.2) is 39.6 Å². The molecule has 0 unspecified atom stereocenters. The lowest BCUT2D eigenvalue weighted by molar-refractivity contribution is 0.0214. The Bertz CT molecular complexity index is 5810. The van der Waals surface area contributed by atoms with Crippen LogP contribution in [-0.4, -0.2) is 147 Å². The van der Waals surface area contributed by atoms with E-state index in [9.17, 15) is 39.3 Å². The molecule has 31 nitrogen and oxygen atoms in total. The number of pyridine rings is 3. The molecular weight excluding hydrogens is 1480 g/mol. The fourth-order valence-electron chi connectivity index (χ4n) is 13.7. The van der Waals surface area contributed by atoms with E-state index >= 15 is 0 Å². The van der Waals surface area contributed by atoms with Crippen molar-refractivity contribution < 1.29 is 34.4 Å². The van der Waals surface area contributed by atoms with Crippen LogP contribution in [0.25, 0.3) is 50.6 Å². The summed E-state index contributed by atoms with van der Waals surface area (Å²) in [7, 11) is 0. The average molecular weight is 1580 g/mol. The maximum atomic E-state index is 13.2. The van der Waals surface area contributed by atoms with Crippen LogP contribution in [0.2, 0.25) is 0 Å². The van der Waals surface area contributed by atoms with Gasteiger partial charge in [-0.25, -0.2) is 72.6 Å². The summed E-state index contributed by atoms with van der Waals surface area (Å²) >= 11 is 1.41. The van der Waals surface area contributed by atoms with E-state index in [0.717, 1.165) is 65.2 Å². The van der Waals surface area contributed by atoms with Gasteiger partial charge in [0, 0.05) is 88.0 Å². The molecule has 3 aromatic carbocycles. The second kappa shape index (κ2) is 33.4. The van der Waals surface area contributed by atoms with Crippen LogP contribution in [0.5, 0.6) is 0 Å². The summed E-state index contributed by atoms with van der Waals surface area (Å²) in [5.41, 5.74) is 13.4. The predicted molar refractivity (Wildman–Crippen MR) is 444 cm³/mol. The minimum Gasteiger partial charge on any atom is -0.444 e. The second-order valence-electron chi connectivity index (χ2n) is 31.6. The average Bonchev–Trinajstić information content (AvgIpc) is 1.34. The van der Waals surface area contributed by atoms with Gasteiger partial charge in [-0.1, -0.05) is 66.4 Å². The quantitative estimate of drug-likeness (QED) is 0.0302. The zero-order chi connectivity index (χ0) is 82.8. The SMILES string of the molecule is CC(C)(C)OC(=O)N1CCc2c(N)cccc2C1.CCn1c(=O)c2cnc(Nc3cccc4c3CCN(C(=O)OC(C)(C)C)C4)nc2n1-c1cccc(C(C)(C)O)n1.CCn1c(=O)c2cnc(Nc3cccc4c3CCNC4)nc2n1-c1cccc(C(C)(C)O)n1.CCn1c(=O)c2cnc(SC)nc2n1-c1cccc(C(C)(C)O)n1. The molecule has 2 amide bonds. The standard InChI is InChI=1S/C29H35N7O4.C24H27N7O2.C16H19N5O2S.C14H20N2O2/c1-7-35-25(37)20-16-30-26(33-24(20)36(35)23-13-9-12-22(32-23)29(5,6)39)31-21-11-8-10-18-17-34(15-14-19(18)21)27(38)40-28(2,3)4;1-4-30-22(32)17-14-26-23(27-18-8-5-7-15-13-25-12-11-16(15)18)29-21(17)31(30)20-10-6-9-19(28-20)24(2,3)33;1-5-20-14(22)10-9-17-15(24-4)19-13(10)21(20)12-8-6-7-11(18-12)16(2,3)23;1-14(2,3)18-13(17)16-8-7-11-10(9-16)5-4-6-12(11)15/h8-13,16,39H,7,14-15,17H2,1-6H3,(H,30,31,33);5-10,14,25,33H,4,11-13H2,1-3H3,(H,26,27,29);6-9,23H,5H2,1-4H3;4-6H,7-9,15H2,1-3H3. The number of thioether (sulfide) groups is 1. The number of nitrogens with zero attached hydrogens (tertiary/aromatic N) is 17. The van der Waals surface area contributed by atoms with E-state index in [4.69, 9.17) is 25.2 Å². The molecule has 0 saturated heterocycles. The van der Waals surface area contributed by atoms with Crippen molar-refractivity contribution in [1.29, 1.82) is 0 Å². The van der Waals surface area contributed by atoms with E-state index in [1.807, 2.05) is 129 Å². The zero-order valence-corrected chi connectivity index (χ0v) is 68.7. The van der Waals surface area contributed by atoms with Gasteiger partial charge in [-0.05, 0) is 224 Å². The number of nitrogens with one attached hydrogen (secondary N) is 3. The molecule has 9 aromatic heterocycles. The molecule has 0 spiro atoms. The molecule has 12 heterocycles. The number of hydrogen-bond donors (Lipinski definition) is 7. The summed E-state index contributed by atoms with van der Waals surface area (Å²) in [4.78, 5) is 108. The van der Waals surface area contributed by atoms with E-state index in [-0.39, 0.29) is 28.9 Å². The first kappa shape index (κ1) is 82.7. The largest absolute Gasteiger partial charge is 0.444 e. The van der Waals surface area contributed by atoms with Gasteiger partial charge in [-0.2, -0.15) is 9.97 Å². The molecule has 0 radical (unpaired) electrons. The molecule has 32 heteroatoms. The molecule has 115 heavy (non-hydrogen) atoms. The lowest BCUT2D eigenvalue weighted by atomic mass is 9.98. The smallest absolute Gasteiger partial charge is 0.410 e. The number of carbonyl (C=O) groups excluding carboxylic acids is 2. The van der Waals surface area contributed by atoms with Crippen LogP contribution in [0.3, 0.4) is 0 Å². The number of nitrogen functional groups attached to an aromatic ring is 1. The Morgan fingerprint density at radius 3 is 1.24 bits per heavy atom. The first-order chi connectivity index (χ1) is 54.4. The molecular formula is C83H101N21O10S. The number of rotatable bonds is 14. The summed E-state index contributed by atoms with van der Waals surface area (Å²) in [5.74, 6) is 2.26. The van der Waals surface area contributed by atoms with Gasteiger partial charge >= 0.3 is 12.2 Å². The summed E-state index contributed by atoms with van der Waals surface area (Å²) in [6.07, 6.45) is 8.30. The highest BCUT2D eigenvalue weighted by Gasteiger charge is 2.31. The van der Waals surface area contributed by atoms with Gasteiger partial charge in [0.2, 0.25) is 11.9 Å². The third kappa shape index (κ3) is 18.4. The fraction of sp³-hybridized carbons (Fsp3) is 0.398. The molecule has 0 fully saturated rings. The minimum atomic E-state index is -1.15. The van der Waals surface area contributed by atoms with E-state index in [1.54, 1.807) is 134 Å². The Morgan fingerprint density at radius 1 is 0.478 bits per heavy atom. The molecule has 3 aliphatic rings. The predicted octanol–water partition coefficient (Wildman–Crippen LogP) is 11.4. The van der Waals surface area contributed by atoms with Gasteiger partial charge in [0.25, 0.3) is 16.7 Å². The monoisotopic (exact) mass is 1580 g/mol. The highest BCUT2D eigenvalue weighted by molar-refractivity contribution is 7.98. The summed E-state index contributed by atoms with van der Waals surface area (Å²) in [5, 5.41) is 43.0. The minimum absolute atomic E-state index is 0.157. The van der Waals surface area contributed by atoms with Crippen LogP contribution in [-0.2, 0) is 84.8 Å². The summed E-state index contributed by atoms with van der Waals surface area (Å²) < 4.78 is 20.7. The second-order valence-corrected chi connectivity index (χ2v) is 32.4. The molecule has 604 valence electrons. The highest BCUT2D eigenvalue weighted by Crippen LogP contribution is 2.33. The van der Waals surface area contributed by atoms with Crippen LogP contribution in [0.1, 0.15) is 154 Å². The maximum Gasteiger partial charge on any atom is 0.410 e. The third-order valence-corrected chi connectivity index (χ3v) is 19.9. The number of amides is 2. The van der Waals surface area contributed by atoms with Crippen molar-refractivity contribution in [3.8, 4) is 17.5 Å². The maximum absolute atomic E-state index is 13.2. The normalized spacial score (nSPS) is 13.7. The van der Waals surface area contributed by atoms with Crippen LogP contribution in [0, 0.1) is 0 Å². The van der Waals surface area contributed by atoms with Crippen molar-refractivity contribution in [2.45, 2.75) is 196 Å². The number of benzene rings is 3. The van der Waals surface area contributed by atoms with Crippen LogP contribution >= 0.6 is 11.8 Å². The molecule has 0 atom stereocenters. The fourth-order valence-corrected chi connectivity index (χ4v) is 14.0. The first-order valence-electron chi connectivity index (χ1n) is 38.3. The molecule has 3 aliphatic heterocycles. The van der Waals surface area contributed by atoms with Crippen molar-refractivity contribution in [3.05, 3.63) is 209 Å². The molecule has 8 N–H and O–H groups in total. The molecule has 0 saturated carbocycles. The van der Waals surface area contributed by atoms with E-state index in [0.29, 0.717) is 137 Å². The lowest BCUT2D eigenvalue weighted by Crippen LogP contribution is -2.40. The Labute approximate surface area is 669 Å². The van der Waals surface area contributed by atoms with Crippen LogP contribution in [0.4, 0.5) is 38.5 Å². The van der Waals surface area contributed by atoms with Crippen molar-refractivity contribution in [1.82, 2.24) is 88.1 Å². The summed E-state index contributed by atoms with van der Waals surface area (Å²) in [6.45, 7) is 32.2. The highest BCUT2D eigenvalue weighted by atomic mass is 32.2. The third-order valence-electron chi connectivity index (χ3n) is 19.3. The number of aliphatic hydroxyl groups is 3. The number of hydrogen-bond acceptors (Lipinski definition) is 24. The van der Waals surface area contributed by atoms with E-state index in [2.05, 4.69) is 56.9 Å². The van der Waals surface area contributed by atoms with Crippen molar-refractivity contribution >= 4 is 86.0 Å². The van der Waals surface area contributed by atoms with Crippen LogP contribution in [0.15, 0.2) is 147 Å². The van der Waals surface area contributed by atoms with Crippen molar-refractivity contribution in [3.63, 3.8) is 0 Å². The molecule has 15 rings (SSSR count). The number of ether oxygens (including phenoxy) is 2. The molecule has 0 aliphatic carbocycles. The number of anilines is 5. The van der Waals surface area contributed by atoms with Crippen LogP contribution < -0.4 is 38.4 Å². The van der Waals surface area contributed by atoms with Gasteiger partial charge in [0.1, 0.15) is 44.2 Å². The van der Waals surface area contributed by atoms with E-state index < -0.39 is 28.0 Å². The van der Waals surface area contributed by atoms with Crippen molar-refractivity contribution in [2.24, 2.45) is 0 Å². The van der Waals surface area contributed by atoms with Gasteiger partial charge in [0.05, 0.1) is 17.1 Å². The Hall–Kier alpha value is -11.7. The molecule has 0 bridgehead atoms. The van der Waals surface area contributed by atoms with Gasteiger partial charge in [-0.3, -0.25) is 14.4 Å².